The Morgan fingerprint density at radius 3 is 3.17 bits per heavy atom. The molecule has 2 heterocycles. The van der Waals surface area contributed by atoms with Crippen LogP contribution in [0.1, 0.15) is 21.6 Å². The molecule has 0 aliphatic carbocycles. The van der Waals surface area contributed by atoms with Gasteiger partial charge < -0.3 is 11.1 Å². The molecule has 1 aliphatic heterocycles. The van der Waals surface area contributed by atoms with Crippen molar-refractivity contribution in [3.63, 3.8) is 0 Å². The molecule has 0 fully saturated rings. The van der Waals surface area contributed by atoms with E-state index in [9.17, 15) is 4.79 Å². The van der Waals surface area contributed by atoms with E-state index in [1.807, 2.05) is 0 Å². The molecule has 0 unspecified atom stereocenters. The van der Waals surface area contributed by atoms with Crippen LogP contribution in [0.15, 0.2) is 6.20 Å². The second-order valence-corrected chi connectivity index (χ2v) is 2.84. The number of pyridine rings is 1. The third-order valence-corrected chi connectivity index (χ3v) is 2.06. The predicted molar refractivity (Wildman–Crippen MR) is 44.6 cm³/mol. The molecule has 0 saturated carbocycles. The summed E-state index contributed by atoms with van der Waals surface area (Å²) in [5, 5.41) is 2.69. The van der Waals surface area contributed by atoms with Crippen molar-refractivity contribution in [2.75, 3.05) is 5.73 Å². The van der Waals surface area contributed by atoms with E-state index in [1.54, 1.807) is 13.1 Å². The molecule has 1 aromatic rings. The number of amides is 1. The topological polar surface area (TPSA) is 68.0 Å². The van der Waals surface area contributed by atoms with E-state index in [1.165, 1.54) is 0 Å². The van der Waals surface area contributed by atoms with Crippen molar-refractivity contribution in [1.82, 2.24) is 10.3 Å². The first-order chi connectivity index (χ1) is 5.70. The lowest BCUT2D eigenvalue weighted by Crippen LogP contribution is -2.14. The second-order valence-electron chi connectivity index (χ2n) is 2.84. The van der Waals surface area contributed by atoms with Crippen molar-refractivity contribution in [3.8, 4) is 0 Å². The van der Waals surface area contributed by atoms with Crippen LogP contribution in [-0.2, 0) is 6.54 Å². The van der Waals surface area contributed by atoms with E-state index in [-0.39, 0.29) is 5.91 Å². The van der Waals surface area contributed by atoms with Gasteiger partial charge in [-0.2, -0.15) is 0 Å². The minimum atomic E-state index is -0.0898. The van der Waals surface area contributed by atoms with Crippen LogP contribution in [0.25, 0.3) is 0 Å². The van der Waals surface area contributed by atoms with Crippen LogP contribution in [0.4, 0.5) is 5.69 Å². The maximum Gasteiger partial charge on any atom is 0.254 e. The molecule has 0 atom stereocenters. The molecule has 1 amide bonds. The van der Waals surface area contributed by atoms with Gasteiger partial charge in [0.1, 0.15) is 0 Å². The summed E-state index contributed by atoms with van der Waals surface area (Å²) in [6, 6.07) is 0. The predicted octanol–water partition coefficient (Wildman–Crippen LogP) is 0.216. The average molecular weight is 163 g/mol. The number of fused-ring (bicyclic) bond motifs is 1. The highest BCUT2D eigenvalue weighted by molar-refractivity contribution is 6.03. The normalized spacial score (nSPS) is 14.2. The summed E-state index contributed by atoms with van der Waals surface area (Å²) in [5.74, 6) is -0.0898. The Labute approximate surface area is 69.8 Å². The van der Waals surface area contributed by atoms with Crippen LogP contribution in [0, 0.1) is 6.92 Å². The van der Waals surface area contributed by atoms with Crippen molar-refractivity contribution in [1.29, 1.82) is 0 Å². The molecular weight excluding hydrogens is 154 g/mol. The van der Waals surface area contributed by atoms with Gasteiger partial charge in [-0.15, -0.1) is 0 Å². The monoisotopic (exact) mass is 163 g/mol. The molecule has 12 heavy (non-hydrogen) atoms. The maximum atomic E-state index is 11.2. The fourth-order valence-corrected chi connectivity index (χ4v) is 1.33. The third kappa shape index (κ3) is 0.777. The number of nitrogens with one attached hydrogen (secondary N) is 1. The van der Waals surface area contributed by atoms with E-state index in [0.717, 1.165) is 5.56 Å². The molecule has 0 spiro atoms. The Bertz CT molecular complexity index is 360. The molecule has 0 aromatic carbocycles. The maximum absolute atomic E-state index is 11.2. The Hall–Kier alpha value is -1.58. The zero-order valence-electron chi connectivity index (χ0n) is 6.72. The summed E-state index contributed by atoms with van der Waals surface area (Å²) in [4.78, 5) is 15.3. The van der Waals surface area contributed by atoms with Gasteiger partial charge in [-0.1, -0.05) is 0 Å². The molecular formula is C8H9N3O. The number of aromatic nitrogens is 1. The number of carbonyl (C=O) groups excluding carboxylic acids is 1. The summed E-state index contributed by atoms with van der Waals surface area (Å²) in [7, 11) is 0. The van der Waals surface area contributed by atoms with Crippen LogP contribution in [0.2, 0.25) is 0 Å². The first kappa shape index (κ1) is 7.09. The number of rotatable bonds is 0. The number of nitrogens with zero attached hydrogens (tertiary/aromatic N) is 1. The van der Waals surface area contributed by atoms with Crippen molar-refractivity contribution < 1.29 is 4.79 Å². The molecule has 0 saturated heterocycles. The molecule has 4 heteroatoms. The van der Waals surface area contributed by atoms with Gasteiger partial charge in [0.25, 0.3) is 5.91 Å². The lowest BCUT2D eigenvalue weighted by Gasteiger charge is -2.02. The summed E-state index contributed by atoms with van der Waals surface area (Å²) in [6.45, 7) is 2.34. The SMILES string of the molecule is Cc1ncc2c(c1N)C(=O)NC2. The van der Waals surface area contributed by atoms with Gasteiger partial charge in [-0.25, -0.2) is 0 Å². The number of hydrogen-bond donors (Lipinski definition) is 2. The van der Waals surface area contributed by atoms with Gasteiger partial charge in [0.2, 0.25) is 0 Å². The Kier molecular flexibility index (Phi) is 1.30. The molecule has 62 valence electrons. The quantitative estimate of drug-likeness (QED) is 0.574. The lowest BCUT2D eigenvalue weighted by atomic mass is 10.1. The Morgan fingerprint density at radius 2 is 2.42 bits per heavy atom. The molecule has 0 bridgehead atoms. The van der Waals surface area contributed by atoms with E-state index in [4.69, 9.17) is 5.73 Å². The molecule has 3 N–H and O–H groups in total. The summed E-state index contributed by atoms with van der Waals surface area (Å²) in [5.41, 5.74) is 8.41. The average Bonchev–Trinajstić information content (AvgIpc) is 2.41. The van der Waals surface area contributed by atoms with Crippen LogP contribution in [0.3, 0.4) is 0 Å². The smallest absolute Gasteiger partial charge is 0.254 e. The van der Waals surface area contributed by atoms with Gasteiger partial charge in [0.15, 0.2) is 0 Å². The fraction of sp³-hybridized carbons (Fsp3) is 0.250. The largest absolute Gasteiger partial charge is 0.397 e. The highest BCUT2D eigenvalue weighted by Crippen LogP contribution is 2.22. The number of nitrogens with two attached hydrogens (primary N) is 1. The first-order valence-corrected chi connectivity index (χ1v) is 3.72. The van der Waals surface area contributed by atoms with Crippen LogP contribution in [-0.4, -0.2) is 10.9 Å². The Balaban J connectivity index is 2.71. The van der Waals surface area contributed by atoms with E-state index < -0.39 is 0 Å². The molecule has 4 nitrogen and oxygen atoms in total. The van der Waals surface area contributed by atoms with E-state index >= 15 is 0 Å². The minimum Gasteiger partial charge on any atom is -0.397 e. The summed E-state index contributed by atoms with van der Waals surface area (Å²) in [6.07, 6.45) is 1.69. The Morgan fingerprint density at radius 1 is 1.67 bits per heavy atom. The first-order valence-electron chi connectivity index (χ1n) is 3.72. The molecule has 1 aliphatic rings. The van der Waals surface area contributed by atoms with Gasteiger partial charge in [0.05, 0.1) is 16.9 Å². The zero-order chi connectivity index (χ0) is 8.72. The van der Waals surface area contributed by atoms with Gasteiger partial charge >= 0.3 is 0 Å². The number of anilines is 1. The van der Waals surface area contributed by atoms with Gasteiger partial charge in [-0.05, 0) is 6.92 Å². The number of aryl methyl sites for hydroxylation is 1. The number of hydrogen-bond acceptors (Lipinski definition) is 3. The third-order valence-electron chi connectivity index (χ3n) is 2.06. The highest BCUT2D eigenvalue weighted by Gasteiger charge is 2.22. The number of carbonyl (C=O) groups is 1. The standard InChI is InChI=1S/C8H9N3O/c1-4-7(9)6-5(2-10-4)3-11-8(6)12/h2H,3,9H2,1H3,(H,11,12). The van der Waals surface area contributed by atoms with Gasteiger partial charge in [0, 0.05) is 18.3 Å². The molecule has 2 rings (SSSR count). The van der Waals surface area contributed by atoms with Crippen molar-refractivity contribution in [2.24, 2.45) is 0 Å². The number of nitrogen functional groups attached to an aromatic ring is 1. The van der Waals surface area contributed by atoms with E-state index in [2.05, 4.69) is 10.3 Å². The zero-order valence-corrected chi connectivity index (χ0v) is 6.72. The van der Waals surface area contributed by atoms with Crippen molar-refractivity contribution >= 4 is 11.6 Å². The van der Waals surface area contributed by atoms with Crippen LogP contribution < -0.4 is 11.1 Å². The molecule has 0 radical (unpaired) electrons. The van der Waals surface area contributed by atoms with Crippen molar-refractivity contribution in [3.05, 3.63) is 23.0 Å². The lowest BCUT2D eigenvalue weighted by molar-refractivity contribution is 0.0966. The van der Waals surface area contributed by atoms with Crippen molar-refractivity contribution in [2.45, 2.75) is 13.5 Å². The van der Waals surface area contributed by atoms with Crippen LogP contribution in [0.5, 0.6) is 0 Å². The second kappa shape index (κ2) is 2.20. The van der Waals surface area contributed by atoms with E-state index in [0.29, 0.717) is 23.5 Å². The van der Waals surface area contributed by atoms with Gasteiger partial charge in [-0.3, -0.25) is 9.78 Å². The summed E-state index contributed by atoms with van der Waals surface area (Å²) < 4.78 is 0. The highest BCUT2D eigenvalue weighted by atomic mass is 16.1. The fourth-order valence-electron chi connectivity index (χ4n) is 1.33. The van der Waals surface area contributed by atoms with Crippen LogP contribution >= 0.6 is 0 Å². The minimum absolute atomic E-state index is 0.0898. The molecule has 1 aromatic heterocycles. The summed E-state index contributed by atoms with van der Waals surface area (Å²) >= 11 is 0.